The van der Waals surface area contributed by atoms with Gasteiger partial charge in [0, 0.05) is 19.6 Å². The van der Waals surface area contributed by atoms with Gasteiger partial charge in [-0.2, -0.15) is 9.57 Å². The SMILES string of the molecule is CCCS(=O)(=O)N1CCCC1C(=O)NCCNc1cccc(F)c1C#N. The molecule has 1 saturated heterocycles. The molecule has 1 fully saturated rings. The van der Waals surface area contributed by atoms with Gasteiger partial charge >= 0.3 is 0 Å². The summed E-state index contributed by atoms with van der Waals surface area (Å²) in [7, 11) is -3.41. The van der Waals surface area contributed by atoms with Crippen LogP contribution in [0.25, 0.3) is 0 Å². The van der Waals surface area contributed by atoms with Crippen LogP contribution in [0.5, 0.6) is 0 Å². The Morgan fingerprint density at radius 1 is 1.42 bits per heavy atom. The molecule has 7 nitrogen and oxygen atoms in total. The van der Waals surface area contributed by atoms with Crippen molar-refractivity contribution in [2.75, 3.05) is 30.7 Å². The summed E-state index contributed by atoms with van der Waals surface area (Å²) in [6.45, 7) is 2.68. The van der Waals surface area contributed by atoms with Crippen molar-refractivity contribution in [1.29, 1.82) is 5.26 Å². The van der Waals surface area contributed by atoms with Crippen molar-refractivity contribution in [2.45, 2.75) is 32.2 Å². The number of carbonyl (C=O) groups excluding carboxylic acids is 1. The van der Waals surface area contributed by atoms with Crippen LogP contribution in [0.3, 0.4) is 0 Å². The summed E-state index contributed by atoms with van der Waals surface area (Å²) in [6.07, 6.45) is 1.67. The highest BCUT2D eigenvalue weighted by molar-refractivity contribution is 7.89. The van der Waals surface area contributed by atoms with E-state index in [-0.39, 0.29) is 30.3 Å². The zero-order valence-electron chi connectivity index (χ0n) is 14.7. The first kappa shape index (κ1) is 20.1. The molecule has 1 aromatic rings. The molecule has 0 bridgehead atoms. The van der Waals surface area contributed by atoms with Crippen LogP contribution in [0.4, 0.5) is 10.1 Å². The second kappa shape index (κ2) is 8.96. The third-order valence-electron chi connectivity index (χ3n) is 4.19. The van der Waals surface area contributed by atoms with E-state index in [9.17, 15) is 17.6 Å². The van der Waals surface area contributed by atoms with E-state index in [2.05, 4.69) is 10.6 Å². The highest BCUT2D eigenvalue weighted by Crippen LogP contribution is 2.22. The minimum absolute atomic E-state index is 0.0366. The maximum Gasteiger partial charge on any atom is 0.238 e. The molecule has 26 heavy (non-hydrogen) atoms. The molecule has 2 N–H and O–H groups in total. The van der Waals surface area contributed by atoms with E-state index in [1.807, 2.05) is 0 Å². The van der Waals surface area contributed by atoms with E-state index in [1.54, 1.807) is 19.1 Å². The molecule has 0 radical (unpaired) electrons. The van der Waals surface area contributed by atoms with Crippen molar-refractivity contribution in [2.24, 2.45) is 0 Å². The van der Waals surface area contributed by atoms with Gasteiger partial charge in [0.25, 0.3) is 0 Å². The van der Waals surface area contributed by atoms with Crippen LogP contribution in [0.2, 0.25) is 0 Å². The fraction of sp³-hybridized carbons (Fsp3) is 0.529. The summed E-state index contributed by atoms with van der Waals surface area (Å²) in [6, 6.07) is 5.40. The Morgan fingerprint density at radius 2 is 2.19 bits per heavy atom. The molecule has 1 aliphatic heterocycles. The first-order valence-corrected chi connectivity index (χ1v) is 10.2. The third kappa shape index (κ3) is 4.71. The smallest absolute Gasteiger partial charge is 0.238 e. The molecule has 0 aromatic heterocycles. The number of sulfonamides is 1. The van der Waals surface area contributed by atoms with Gasteiger partial charge in [-0.15, -0.1) is 0 Å². The number of nitrogens with one attached hydrogen (secondary N) is 2. The second-order valence-electron chi connectivity index (χ2n) is 6.08. The minimum atomic E-state index is -3.41. The second-order valence-corrected chi connectivity index (χ2v) is 8.12. The molecule has 9 heteroatoms. The van der Waals surface area contributed by atoms with Crippen molar-refractivity contribution < 1.29 is 17.6 Å². The topological polar surface area (TPSA) is 102 Å². The van der Waals surface area contributed by atoms with Gasteiger partial charge in [0.05, 0.1) is 11.4 Å². The van der Waals surface area contributed by atoms with Gasteiger partial charge in [0.1, 0.15) is 23.5 Å². The molecule has 1 amide bonds. The lowest BCUT2D eigenvalue weighted by Gasteiger charge is -2.23. The molecule has 1 atom stereocenters. The van der Waals surface area contributed by atoms with Gasteiger partial charge in [0.2, 0.25) is 15.9 Å². The largest absolute Gasteiger partial charge is 0.382 e. The molecule has 0 aliphatic carbocycles. The molecule has 1 heterocycles. The van der Waals surface area contributed by atoms with E-state index >= 15 is 0 Å². The van der Waals surface area contributed by atoms with E-state index in [4.69, 9.17) is 5.26 Å². The maximum atomic E-state index is 13.5. The number of nitriles is 1. The van der Waals surface area contributed by atoms with E-state index in [0.29, 0.717) is 31.5 Å². The van der Waals surface area contributed by atoms with Gasteiger partial charge < -0.3 is 10.6 Å². The monoisotopic (exact) mass is 382 g/mol. The van der Waals surface area contributed by atoms with Crippen LogP contribution in [0.15, 0.2) is 18.2 Å². The van der Waals surface area contributed by atoms with Gasteiger partial charge in [0.15, 0.2) is 0 Å². The van der Waals surface area contributed by atoms with Crippen molar-refractivity contribution in [1.82, 2.24) is 9.62 Å². The summed E-state index contributed by atoms with van der Waals surface area (Å²) in [5, 5.41) is 14.6. The summed E-state index contributed by atoms with van der Waals surface area (Å²) >= 11 is 0. The zero-order valence-corrected chi connectivity index (χ0v) is 15.5. The first-order valence-electron chi connectivity index (χ1n) is 8.60. The normalized spacial score (nSPS) is 17.7. The summed E-state index contributed by atoms with van der Waals surface area (Å²) in [4.78, 5) is 12.3. The van der Waals surface area contributed by atoms with E-state index < -0.39 is 21.9 Å². The Hall–Kier alpha value is -2.18. The van der Waals surface area contributed by atoms with Crippen LogP contribution in [-0.2, 0) is 14.8 Å². The lowest BCUT2D eigenvalue weighted by molar-refractivity contribution is -0.124. The van der Waals surface area contributed by atoms with Gasteiger partial charge in [-0.25, -0.2) is 12.8 Å². The molecule has 1 aromatic carbocycles. The highest BCUT2D eigenvalue weighted by atomic mass is 32.2. The first-order chi connectivity index (χ1) is 12.4. The maximum absolute atomic E-state index is 13.5. The van der Waals surface area contributed by atoms with Crippen LogP contribution >= 0.6 is 0 Å². The minimum Gasteiger partial charge on any atom is -0.382 e. The Balaban J connectivity index is 1.87. The molecule has 2 rings (SSSR count). The average molecular weight is 382 g/mol. The molecule has 1 unspecified atom stereocenters. The van der Waals surface area contributed by atoms with Gasteiger partial charge in [-0.1, -0.05) is 13.0 Å². The third-order valence-corrected chi connectivity index (χ3v) is 6.27. The Labute approximate surface area is 153 Å². The number of benzene rings is 1. The number of amides is 1. The zero-order chi connectivity index (χ0) is 19.2. The standard InChI is InChI=1S/C17H23FN4O3S/c1-2-11-26(24,25)22-10-4-7-16(22)17(23)21-9-8-20-15-6-3-5-14(18)13(15)12-19/h3,5-6,16,20H,2,4,7-11H2,1H3,(H,21,23). The fourth-order valence-electron chi connectivity index (χ4n) is 3.00. The van der Waals surface area contributed by atoms with Crippen LogP contribution in [0, 0.1) is 17.1 Å². The Kier molecular flexibility index (Phi) is 6.94. The number of carbonyl (C=O) groups is 1. The van der Waals surface area contributed by atoms with E-state index in [0.717, 1.165) is 0 Å². The summed E-state index contributed by atoms with van der Waals surface area (Å²) in [5.41, 5.74) is 0.279. The molecule has 0 spiro atoms. The molecular formula is C17H23FN4O3S. The van der Waals surface area contributed by atoms with Crippen molar-refractivity contribution in [3.8, 4) is 6.07 Å². The van der Waals surface area contributed by atoms with Crippen molar-refractivity contribution in [3.63, 3.8) is 0 Å². The van der Waals surface area contributed by atoms with Crippen molar-refractivity contribution in [3.05, 3.63) is 29.6 Å². The Morgan fingerprint density at radius 3 is 2.88 bits per heavy atom. The highest BCUT2D eigenvalue weighted by Gasteiger charge is 2.37. The summed E-state index contributed by atoms with van der Waals surface area (Å²) < 4.78 is 39.3. The lowest BCUT2D eigenvalue weighted by atomic mass is 10.2. The Bertz CT molecular complexity index is 792. The van der Waals surface area contributed by atoms with Crippen molar-refractivity contribution >= 4 is 21.6 Å². The summed E-state index contributed by atoms with van der Waals surface area (Å²) in [5.74, 6) is -0.900. The molecular weight excluding hydrogens is 359 g/mol. The number of hydrogen-bond acceptors (Lipinski definition) is 5. The average Bonchev–Trinajstić information content (AvgIpc) is 3.09. The fourth-order valence-corrected chi connectivity index (χ4v) is 4.74. The lowest BCUT2D eigenvalue weighted by Crippen LogP contribution is -2.47. The number of rotatable bonds is 8. The predicted octanol–water partition coefficient (Wildman–Crippen LogP) is 1.43. The number of hydrogen-bond donors (Lipinski definition) is 2. The molecule has 1 aliphatic rings. The molecule has 142 valence electrons. The van der Waals surface area contributed by atoms with Crippen LogP contribution < -0.4 is 10.6 Å². The van der Waals surface area contributed by atoms with Gasteiger partial charge in [-0.3, -0.25) is 4.79 Å². The number of anilines is 1. The number of halogens is 1. The number of nitrogens with zero attached hydrogens (tertiary/aromatic N) is 2. The van der Waals surface area contributed by atoms with E-state index in [1.165, 1.54) is 16.4 Å². The molecule has 0 saturated carbocycles. The predicted molar refractivity (Wildman–Crippen MR) is 96.4 cm³/mol. The van der Waals surface area contributed by atoms with Crippen LogP contribution in [0.1, 0.15) is 31.7 Å². The quantitative estimate of drug-likeness (QED) is 0.662. The van der Waals surface area contributed by atoms with Gasteiger partial charge in [-0.05, 0) is 31.4 Å². The van der Waals surface area contributed by atoms with Crippen LogP contribution in [-0.4, -0.2) is 50.1 Å².